The zero-order chi connectivity index (χ0) is 19.1. The second-order valence-corrected chi connectivity index (χ2v) is 5.42. The normalized spacial score (nSPS) is 10.7. The number of carbonyl (C=O) groups is 2. The number of benzene rings is 1. The Morgan fingerprint density at radius 2 is 2.04 bits per heavy atom. The van der Waals surface area contributed by atoms with Crippen molar-refractivity contribution in [2.24, 2.45) is 0 Å². The molecule has 0 radical (unpaired) electrons. The summed E-state index contributed by atoms with van der Waals surface area (Å²) < 4.78 is 9.74. The lowest BCUT2D eigenvalue weighted by molar-refractivity contribution is -0.116. The Balaban J connectivity index is 1.53. The fourth-order valence-electron chi connectivity index (χ4n) is 2.18. The Morgan fingerprint density at radius 1 is 1.22 bits per heavy atom. The van der Waals surface area contributed by atoms with E-state index in [0.717, 1.165) is 11.1 Å². The van der Waals surface area contributed by atoms with Crippen LogP contribution in [0.1, 0.15) is 21.8 Å². The predicted octanol–water partition coefficient (Wildman–Crippen LogP) is 2.25. The fourth-order valence-corrected chi connectivity index (χ4v) is 2.18. The number of nitrogens with one attached hydrogen (secondary N) is 1. The second-order valence-electron chi connectivity index (χ2n) is 5.42. The molecule has 1 aromatic carbocycles. The van der Waals surface area contributed by atoms with Crippen LogP contribution in [0, 0.1) is 0 Å². The van der Waals surface area contributed by atoms with E-state index < -0.39 is 5.97 Å². The van der Waals surface area contributed by atoms with E-state index in [0.29, 0.717) is 11.4 Å². The van der Waals surface area contributed by atoms with Crippen LogP contribution in [0.3, 0.4) is 0 Å². The topological polar surface area (TPSA) is 107 Å². The molecular formula is C19H16N4O4. The number of esters is 1. The highest BCUT2D eigenvalue weighted by atomic mass is 16.5. The molecule has 0 fully saturated rings. The van der Waals surface area contributed by atoms with E-state index in [-0.39, 0.29) is 18.3 Å². The molecule has 27 heavy (non-hydrogen) atoms. The Labute approximate surface area is 154 Å². The maximum Gasteiger partial charge on any atom is 0.337 e. The number of aromatic nitrogens is 3. The number of amides is 1. The molecule has 0 atom stereocenters. The van der Waals surface area contributed by atoms with Crippen molar-refractivity contribution in [1.29, 1.82) is 0 Å². The van der Waals surface area contributed by atoms with Crippen LogP contribution in [0.15, 0.2) is 59.4 Å². The number of hydrogen-bond acceptors (Lipinski definition) is 7. The average molecular weight is 364 g/mol. The van der Waals surface area contributed by atoms with Crippen molar-refractivity contribution in [3.05, 3.63) is 71.9 Å². The van der Waals surface area contributed by atoms with Gasteiger partial charge in [-0.15, -0.1) is 0 Å². The third kappa shape index (κ3) is 4.85. The van der Waals surface area contributed by atoms with E-state index in [2.05, 4.69) is 25.2 Å². The molecule has 0 aliphatic heterocycles. The van der Waals surface area contributed by atoms with Gasteiger partial charge in [-0.3, -0.25) is 9.78 Å². The fraction of sp³-hybridized carbons (Fsp3) is 0.105. The number of carbonyl (C=O) groups excluding carboxylic acids is 2. The van der Waals surface area contributed by atoms with Crippen molar-refractivity contribution in [3.63, 3.8) is 0 Å². The third-order valence-electron chi connectivity index (χ3n) is 3.56. The first-order chi connectivity index (χ1) is 13.2. The molecular weight excluding hydrogens is 348 g/mol. The molecule has 8 nitrogen and oxygen atoms in total. The Kier molecular flexibility index (Phi) is 5.68. The standard InChI is InChI=1S/C19H16N4O4/c1-26-19(25)14-7-4-13(5-8-14)6-9-16(24)21-12-17-22-18(23-27-17)15-3-2-10-20-11-15/h2-11H,12H2,1H3,(H,21,24)/b9-6+. The monoisotopic (exact) mass is 364 g/mol. The number of methoxy groups -OCH3 is 1. The predicted molar refractivity (Wildman–Crippen MR) is 96.2 cm³/mol. The van der Waals surface area contributed by atoms with Gasteiger partial charge in [0.05, 0.1) is 19.2 Å². The minimum atomic E-state index is -0.409. The third-order valence-corrected chi connectivity index (χ3v) is 3.56. The van der Waals surface area contributed by atoms with Gasteiger partial charge < -0.3 is 14.6 Å². The van der Waals surface area contributed by atoms with Crippen LogP contribution in [0.2, 0.25) is 0 Å². The number of ether oxygens (including phenoxy) is 1. The van der Waals surface area contributed by atoms with Crippen molar-refractivity contribution in [2.75, 3.05) is 7.11 Å². The van der Waals surface area contributed by atoms with Gasteiger partial charge in [0.25, 0.3) is 0 Å². The van der Waals surface area contributed by atoms with Gasteiger partial charge in [0.1, 0.15) is 0 Å². The molecule has 0 saturated heterocycles. The Morgan fingerprint density at radius 3 is 2.74 bits per heavy atom. The van der Waals surface area contributed by atoms with Gasteiger partial charge in [0, 0.05) is 24.0 Å². The van der Waals surface area contributed by atoms with E-state index >= 15 is 0 Å². The summed E-state index contributed by atoms with van der Waals surface area (Å²) >= 11 is 0. The van der Waals surface area contributed by atoms with Crippen molar-refractivity contribution in [1.82, 2.24) is 20.4 Å². The molecule has 3 rings (SSSR count). The summed E-state index contributed by atoms with van der Waals surface area (Å²) in [5.41, 5.74) is 1.95. The zero-order valence-electron chi connectivity index (χ0n) is 14.5. The van der Waals surface area contributed by atoms with Crippen LogP contribution in [0.25, 0.3) is 17.5 Å². The van der Waals surface area contributed by atoms with Crippen LogP contribution in [0.5, 0.6) is 0 Å². The first kappa shape index (κ1) is 18.0. The Hall–Kier alpha value is -3.81. The number of pyridine rings is 1. The van der Waals surface area contributed by atoms with Gasteiger partial charge in [-0.2, -0.15) is 4.98 Å². The van der Waals surface area contributed by atoms with Crippen LogP contribution < -0.4 is 5.32 Å². The molecule has 0 aliphatic rings. The summed E-state index contributed by atoms with van der Waals surface area (Å²) in [6.07, 6.45) is 6.29. The Bertz CT molecular complexity index is 949. The van der Waals surface area contributed by atoms with Gasteiger partial charge in [-0.25, -0.2) is 4.79 Å². The first-order valence-corrected chi connectivity index (χ1v) is 8.03. The van der Waals surface area contributed by atoms with Crippen molar-refractivity contribution in [3.8, 4) is 11.4 Å². The lowest BCUT2D eigenvalue weighted by Crippen LogP contribution is -2.20. The van der Waals surface area contributed by atoms with Crippen LogP contribution in [-0.4, -0.2) is 34.1 Å². The van der Waals surface area contributed by atoms with Crippen molar-refractivity contribution >= 4 is 18.0 Å². The van der Waals surface area contributed by atoms with Gasteiger partial charge in [0.2, 0.25) is 17.6 Å². The van der Waals surface area contributed by atoms with E-state index in [9.17, 15) is 9.59 Å². The summed E-state index contributed by atoms with van der Waals surface area (Å²) in [6, 6.07) is 10.3. The smallest absolute Gasteiger partial charge is 0.337 e. The summed E-state index contributed by atoms with van der Waals surface area (Å²) in [5, 5.41) is 6.52. The molecule has 1 N–H and O–H groups in total. The summed E-state index contributed by atoms with van der Waals surface area (Å²) in [4.78, 5) is 31.5. The lowest BCUT2D eigenvalue weighted by Gasteiger charge is -2.00. The minimum Gasteiger partial charge on any atom is -0.465 e. The van der Waals surface area contributed by atoms with Gasteiger partial charge in [0.15, 0.2) is 0 Å². The molecule has 0 saturated carbocycles. The number of hydrogen-bond donors (Lipinski definition) is 1. The highest BCUT2D eigenvalue weighted by Gasteiger charge is 2.09. The molecule has 1 amide bonds. The molecule has 0 bridgehead atoms. The van der Waals surface area contributed by atoms with Gasteiger partial charge in [-0.1, -0.05) is 17.3 Å². The molecule has 0 aliphatic carbocycles. The van der Waals surface area contributed by atoms with E-state index in [1.165, 1.54) is 13.2 Å². The maximum absolute atomic E-state index is 11.9. The first-order valence-electron chi connectivity index (χ1n) is 8.03. The number of rotatable bonds is 6. The lowest BCUT2D eigenvalue weighted by atomic mass is 10.1. The van der Waals surface area contributed by atoms with E-state index in [1.54, 1.807) is 48.8 Å². The van der Waals surface area contributed by atoms with Crippen LogP contribution in [-0.2, 0) is 16.1 Å². The summed E-state index contributed by atoms with van der Waals surface area (Å²) in [5.74, 6) is -0.0201. The summed E-state index contributed by atoms with van der Waals surface area (Å²) in [6.45, 7) is 0.109. The highest BCUT2D eigenvalue weighted by molar-refractivity contribution is 5.92. The van der Waals surface area contributed by atoms with Crippen LogP contribution in [0.4, 0.5) is 0 Å². The quantitative estimate of drug-likeness (QED) is 0.528. The minimum absolute atomic E-state index is 0.109. The maximum atomic E-state index is 11.9. The second kappa shape index (κ2) is 8.52. The largest absolute Gasteiger partial charge is 0.465 e. The van der Waals surface area contributed by atoms with Crippen molar-refractivity contribution < 1.29 is 18.8 Å². The average Bonchev–Trinajstić information content (AvgIpc) is 3.20. The molecule has 2 aromatic heterocycles. The molecule has 2 heterocycles. The molecule has 8 heteroatoms. The van der Waals surface area contributed by atoms with E-state index in [1.807, 2.05) is 6.07 Å². The SMILES string of the molecule is COC(=O)c1ccc(/C=C/C(=O)NCc2nc(-c3cccnc3)no2)cc1. The molecule has 3 aromatic rings. The van der Waals surface area contributed by atoms with Gasteiger partial charge >= 0.3 is 5.97 Å². The summed E-state index contributed by atoms with van der Waals surface area (Å²) in [7, 11) is 1.32. The zero-order valence-corrected chi connectivity index (χ0v) is 14.5. The molecule has 0 unspecified atom stereocenters. The highest BCUT2D eigenvalue weighted by Crippen LogP contribution is 2.13. The van der Waals surface area contributed by atoms with E-state index in [4.69, 9.17) is 4.52 Å². The molecule has 0 spiro atoms. The van der Waals surface area contributed by atoms with Crippen molar-refractivity contribution in [2.45, 2.75) is 6.54 Å². The molecule has 136 valence electrons. The van der Waals surface area contributed by atoms with Gasteiger partial charge in [-0.05, 0) is 35.9 Å². The van der Waals surface area contributed by atoms with Crippen LogP contribution >= 0.6 is 0 Å². The number of nitrogens with zero attached hydrogens (tertiary/aromatic N) is 3.